The lowest BCUT2D eigenvalue weighted by Crippen LogP contribution is -1.92. The van der Waals surface area contributed by atoms with Crippen LogP contribution in [0.25, 0.3) is 6.08 Å². The Bertz CT molecular complexity index is 596. The van der Waals surface area contributed by atoms with Crippen molar-refractivity contribution in [3.8, 4) is 11.5 Å². The van der Waals surface area contributed by atoms with Crippen LogP contribution in [0.15, 0.2) is 47.1 Å². The average Bonchev–Trinajstić information content (AvgIpc) is 3.05. The quantitative estimate of drug-likeness (QED) is 0.613. The molecular weight excluding hydrogens is 232 g/mol. The Kier molecular flexibility index (Phi) is 2.61. The molecule has 2 aromatic rings. The van der Waals surface area contributed by atoms with E-state index in [-0.39, 0.29) is 12.6 Å². The van der Waals surface area contributed by atoms with Gasteiger partial charge in [-0.3, -0.25) is 4.79 Å². The minimum absolute atomic E-state index is 0.169. The Labute approximate surface area is 103 Å². The molecule has 0 saturated carbocycles. The van der Waals surface area contributed by atoms with Gasteiger partial charge in [-0.2, -0.15) is 0 Å². The van der Waals surface area contributed by atoms with Gasteiger partial charge in [0.15, 0.2) is 17.3 Å². The van der Waals surface area contributed by atoms with E-state index < -0.39 is 0 Å². The van der Waals surface area contributed by atoms with Gasteiger partial charge in [-0.25, -0.2) is 0 Å². The summed E-state index contributed by atoms with van der Waals surface area (Å²) < 4.78 is 15.5. The van der Waals surface area contributed by atoms with E-state index in [1.54, 1.807) is 18.2 Å². The molecule has 18 heavy (non-hydrogen) atoms. The zero-order valence-electron chi connectivity index (χ0n) is 9.46. The molecule has 1 aromatic heterocycles. The highest BCUT2D eigenvalue weighted by Gasteiger charge is 2.12. The first-order chi connectivity index (χ1) is 8.83. The number of benzene rings is 1. The van der Waals surface area contributed by atoms with Crippen molar-refractivity contribution in [1.29, 1.82) is 0 Å². The molecule has 3 rings (SSSR count). The summed E-state index contributed by atoms with van der Waals surface area (Å²) in [6, 6.07) is 8.82. The molecule has 0 saturated heterocycles. The predicted octanol–water partition coefficient (Wildman–Crippen LogP) is 2.90. The normalized spacial score (nSPS) is 13.1. The highest BCUT2D eigenvalue weighted by molar-refractivity contribution is 6.04. The summed E-state index contributed by atoms with van der Waals surface area (Å²) in [6.07, 6.45) is 4.66. The monoisotopic (exact) mass is 242 g/mol. The average molecular weight is 242 g/mol. The number of hydrogen-bond acceptors (Lipinski definition) is 4. The van der Waals surface area contributed by atoms with Crippen LogP contribution < -0.4 is 9.47 Å². The summed E-state index contributed by atoms with van der Waals surface area (Å²) in [5, 5.41) is 0. The van der Waals surface area contributed by atoms with Crippen LogP contribution in [0.3, 0.4) is 0 Å². The lowest BCUT2D eigenvalue weighted by molar-refractivity contribution is 0.102. The fourth-order valence-corrected chi connectivity index (χ4v) is 1.69. The third-order valence-corrected chi connectivity index (χ3v) is 2.59. The summed E-state index contributed by atoms with van der Waals surface area (Å²) in [4.78, 5) is 11.7. The SMILES string of the molecule is O=C(/C=C/c1ccc2c(c1)OCO2)c1ccco1. The number of hydrogen-bond donors (Lipinski definition) is 0. The van der Waals surface area contributed by atoms with E-state index in [0.29, 0.717) is 11.5 Å². The maximum atomic E-state index is 11.7. The smallest absolute Gasteiger partial charge is 0.231 e. The van der Waals surface area contributed by atoms with Crippen molar-refractivity contribution in [2.75, 3.05) is 6.79 Å². The predicted molar refractivity (Wildman–Crippen MR) is 64.6 cm³/mol. The Hall–Kier alpha value is -2.49. The molecule has 0 N–H and O–H groups in total. The summed E-state index contributed by atoms with van der Waals surface area (Å²) in [6.45, 7) is 0.244. The largest absolute Gasteiger partial charge is 0.461 e. The molecule has 0 amide bonds. The minimum Gasteiger partial charge on any atom is -0.461 e. The molecule has 0 unspecified atom stereocenters. The summed E-state index contributed by atoms with van der Waals surface area (Å²) in [5.74, 6) is 1.58. The Morgan fingerprint density at radius 1 is 1.17 bits per heavy atom. The highest BCUT2D eigenvalue weighted by atomic mass is 16.7. The van der Waals surface area contributed by atoms with Gasteiger partial charge in [0.1, 0.15) is 0 Å². The van der Waals surface area contributed by atoms with Crippen LogP contribution in [0.1, 0.15) is 16.1 Å². The van der Waals surface area contributed by atoms with Gasteiger partial charge in [0.25, 0.3) is 0 Å². The first-order valence-electron chi connectivity index (χ1n) is 5.48. The summed E-state index contributed by atoms with van der Waals surface area (Å²) in [5.41, 5.74) is 0.874. The Morgan fingerprint density at radius 3 is 2.89 bits per heavy atom. The molecule has 0 atom stereocenters. The molecule has 0 bridgehead atoms. The van der Waals surface area contributed by atoms with E-state index in [9.17, 15) is 4.79 Å². The first kappa shape index (κ1) is 10.7. The van der Waals surface area contributed by atoms with Crippen molar-refractivity contribution in [3.63, 3.8) is 0 Å². The Morgan fingerprint density at radius 2 is 2.06 bits per heavy atom. The van der Waals surface area contributed by atoms with E-state index in [4.69, 9.17) is 13.9 Å². The molecule has 4 nitrogen and oxygen atoms in total. The van der Waals surface area contributed by atoms with E-state index in [1.165, 1.54) is 12.3 Å². The van der Waals surface area contributed by atoms with E-state index in [1.807, 2.05) is 18.2 Å². The number of carbonyl (C=O) groups is 1. The van der Waals surface area contributed by atoms with Gasteiger partial charge < -0.3 is 13.9 Å². The molecule has 0 aliphatic carbocycles. The number of ketones is 1. The molecule has 1 aliphatic rings. The maximum absolute atomic E-state index is 11.7. The van der Waals surface area contributed by atoms with Gasteiger partial charge in [0.05, 0.1) is 6.26 Å². The fraction of sp³-hybridized carbons (Fsp3) is 0.0714. The number of ether oxygens (including phenoxy) is 2. The number of rotatable bonds is 3. The first-order valence-corrected chi connectivity index (χ1v) is 5.48. The van der Waals surface area contributed by atoms with Gasteiger partial charge in [0, 0.05) is 0 Å². The van der Waals surface area contributed by atoms with Crippen LogP contribution >= 0.6 is 0 Å². The highest BCUT2D eigenvalue weighted by Crippen LogP contribution is 2.32. The lowest BCUT2D eigenvalue weighted by Gasteiger charge is -1.97. The van der Waals surface area contributed by atoms with Gasteiger partial charge >= 0.3 is 0 Å². The van der Waals surface area contributed by atoms with Crippen molar-refractivity contribution < 1.29 is 18.7 Å². The number of furan rings is 1. The fourth-order valence-electron chi connectivity index (χ4n) is 1.69. The number of allylic oxidation sites excluding steroid dienone is 1. The second-order valence-electron chi connectivity index (χ2n) is 3.79. The van der Waals surface area contributed by atoms with Crippen LogP contribution in [0.5, 0.6) is 11.5 Å². The second-order valence-corrected chi connectivity index (χ2v) is 3.79. The zero-order valence-corrected chi connectivity index (χ0v) is 9.46. The van der Waals surface area contributed by atoms with E-state index >= 15 is 0 Å². The molecule has 0 spiro atoms. The van der Waals surface area contributed by atoms with Crippen LogP contribution in [-0.4, -0.2) is 12.6 Å². The maximum Gasteiger partial charge on any atom is 0.231 e. The summed E-state index contributed by atoms with van der Waals surface area (Å²) in [7, 11) is 0. The van der Waals surface area contributed by atoms with Gasteiger partial charge in [-0.05, 0) is 35.9 Å². The van der Waals surface area contributed by atoms with Crippen LogP contribution in [0, 0.1) is 0 Å². The van der Waals surface area contributed by atoms with Crippen LogP contribution in [0.2, 0.25) is 0 Å². The van der Waals surface area contributed by atoms with Crippen molar-refractivity contribution in [2.45, 2.75) is 0 Å². The molecule has 0 radical (unpaired) electrons. The third-order valence-electron chi connectivity index (χ3n) is 2.59. The van der Waals surface area contributed by atoms with Crippen molar-refractivity contribution in [1.82, 2.24) is 0 Å². The van der Waals surface area contributed by atoms with Crippen LogP contribution in [0.4, 0.5) is 0 Å². The van der Waals surface area contributed by atoms with Gasteiger partial charge in [0.2, 0.25) is 12.6 Å². The van der Waals surface area contributed by atoms with Crippen molar-refractivity contribution in [3.05, 3.63) is 54.0 Å². The number of fused-ring (bicyclic) bond motifs is 1. The molecular formula is C14H10O4. The Balaban J connectivity index is 1.78. The molecule has 90 valence electrons. The van der Waals surface area contributed by atoms with Gasteiger partial charge in [-0.1, -0.05) is 12.1 Å². The molecule has 2 heterocycles. The number of carbonyl (C=O) groups excluding carboxylic acids is 1. The second kappa shape index (κ2) is 4.41. The zero-order chi connectivity index (χ0) is 12.4. The minimum atomic E-state index is -0.169. The third kappa shape index (κ3) is 2.00. The van der Waals surface area contributed by atoms with Crippen molar-refractivity contribution >= 4 is 11.9 Å². The van der Waals surface area contributed by atoms with Gasteiger partial charge in [-0.15, -0.1) is 0 Å². The van der Waals surface area contributed by atoms with E-state index in [0.717, 1.165) is 11.3 Å². The van der Waals surface area contributed by atoms with E-state index in [2.05, 4.69) is 0 Å². The molecule has 4 heteroatoms. The topological polar surface area (TPSA) is 48.7 Å². The molecule has 0 fully saturated rings. The molecule has 1 aromatic carbocycles. The standard InChI is InChI=1S/C14H10O4/c15-11(12-2-1-7-16-12)5-3-10-4-6-13-14(8-10)18-9-17-13/h1-8H,9H2/b5-3+. The lowest BCUT2D eigenvalue weighted by atomic mass is 10.1. The van der Waals surface area contributed by atoms with Crippen LogP contribution in [-0.2, 0) is 0 Å². The van der Waals surface area contributed by atoms with Crippen molar-refractivity contribution in [2.24, 2.45) is 0 Å². The molecule has 1 aliphatic heterocycles. The summed E-state index contributed by atoms with van der Waals surface area (Å²) >= 11 is 0.